The summed E-state index contributed by atoms with van der Waals surface area (Å²) in [6.45, 7) is 8.66. The summed E-state index contributed by atoms with van der Waals surface area (Å²) in [7, 11) is 0. The molecular weight excluding hydrogens is 928 g/mol. The van der Waals surface area contributed by atoms with E-state index in [2.05, 4.69) is 0 Å². The van der Waals surface area contributed by atoms with Crippen molar-refractivity contribution in [3.05, 3.63) is 222 Å². The fourth-order valence-electron chi connectivity index (χ4n) is 10.2. The van der Waals surface area contributed by atoms with Crippen LogP contribution in [0.1, 0.15) is 105 Å². The van der Waals surface area contributed by atoms with Crippen molar-refractivity contribution >= 4 is 128 Å². The maximum Gasteiger partial charge on any atom is 0.252 e. The van der Waals surface area contributed by atoms with Crippen LogP contribution in [0.25, 0.3) is 58.8 Å². The summed E-state index contributed by atoms with van der Waals surface area (Å²) in [6.07, 6.45) is 0. The molecule has 4 nitrogen and oxygen atoms in total. The second-order valence-electron chi connectivity index (χ2n) is 20.3. The van der Waals surface area contributed by atoms with Gasteiger partial charge in [-0.15, -0.1) is 11.3 Å². The molecule has 6 heteroatoms. The zero-order chi connectivity index (χ0) is 80.2. The predicted molar refractivity (Wildman–Crippen MR) is 324 cm³/mol. The first kappa shape index (κ1) is 21.9. The van der Waals surface area contributed by atoms with Crippen molar-refractivity contribution in [1.29, 1.82) is 0 Å². The molecule has 0 saturated heterocycles. The minimum absolute atomic E-state index is 0.174. The van der Waals surface area contributed by atoms with E-state index in [1.165, 1.54) is 6.92 Å². The Hall–Kier alpha value is -8.32. The zero-order valence-electron chi connectivity index (χ0n) is 74.8. The van der Waals surface area contributed by atoms with Gasteiger partial charge in [0.25, 0.3) is 6.71 Å². The van der Waals surface area contributed by atoms with Crippen LogP contribution in [0, 0.1) is 6.92 Å². The third-order valence-corrected chi connectivity index (χ3v) is 14.7. The average Bonchev–Trinajstić information content (AvgIpc) is 1.65. The van der Waals surface area contributed by atoms with Crippen molar-refractivity contribution in [1.82, 2.24) is 4.57 Å². The number of hydrogen-bond donors (Lipinski definition) is 0. The van der Waals surface area contributed by atoms with E-state index in [0.29, 0.717) is 16.2 Å². The Kier molecular flexibility index (Phi) is 4.62. The lowest BCUT2D eigenvalue weighted by molar-refractivity contribution is 0.590. The fraction of sp³-hybridized carbons (Fsp3) is 0.130. The van der Waals surface area contributed by atoms with E-state index >= 15 is 0 Å². The van der Waals surface area contributed by atoms with Crippen LogP contribution in [0.5, 0.6) is 0 Å². The van der Waals surface area contributed by atoms with Gasteiger partial charge in [0.05, 0.1) is 74.7 Å². The SMILES string of the molecule is [2H]c1c([2H])c2c3c(c1[2H])-n1c4c([2H])c([2H])c([2H])c([2H])c4c4c([2H])c([2H])c([2H])c(c41)N3c1c([2H])c(C)c([2H])c3c1B2c1c([2H])c([2H])c(N(c2c([2H])c([2H])c(C(C)(C)C)c([2H])c2[2H])c2c([2H])c([2H])c(C(C)(C)C)c([2H])c2[2H])c([2H])c1N3c1c([2H])c([2H])c(-c2c([2H])c([2H])c([2H])c3c2sc2c([2H])c([2H])c([2H])c([2H])c23)c([2H])c1[2H]. The van der Waals surface area contributed by atoms with Gasteiger partial charge in [0, 0.05) is 70.8 Å². The van der Waals surface area contributed by atoms with Gasteiger partial charge in [0.1, 0.15) is 0 Å². The number of rotatable bonds is 5. The standard InChI is InChI=1S/C69H55BN4S/c1-42-39-61-64-62(40-42)74-58-22-13-18-53-51-15-8-10-21-57(51)73(65(53)58)59-23-14-20-56(66(59)74)70(64)55-38-37-49(71(46-33-27-44(28-34-46)68(2,3)4)47-35-29-45(30-36-47)69(5,6)7)41-60(55)72(61)48-31-25-43(26-32-48)50-17-12-19-54-52-16-9-11-24-63(52)75-67(50)54/h8-41H,1-7H3/i8D,9D,10D,11D,12D,13D,14D,15D,16D,17D,18D,19D,20D,21D,22D,23D,24D,25D,26D,27D,28D,29D,30D,31D,32D,33D,34D,35D,36D,37D,38D,39D,40D,41D. The Morgan fingerprint density at radius 1 is 0.480 bits per heavy atom. The number of fused-ring (bicyclic) bond motifs is 12. The summed E-state index contributed by atoms with van der Waals surface area (Å²) in [4.78, 5) is 2.45. The summed E-state index contributed by atoms with van der Waals surface area (Å²) in [5.41, 5.74) is -14.4. The van der Waals surface area contributed by atoms with E-state index < -0.39 is 318 Å². The molecule has 0 unspecified atom stereocenters. The maximum absolute atomic E-state index is 11.1. The zero-order valence-corrected chi connectivity index (χ0v) is 41.6. The van der Waals surface area contributed by atoms with Gasteiger partial charge in [0.2, 0.25) is 0 Å². The average molecular weight is 1020 g/mol. The smallest absolute Gasteiger partial charge is 0.252 e. The molecule has 0 spiro atoms. The third-order valence-electron chi connectivity index (χ3n) is 13.6. The molecule has 0 atom stereocenters. The normalized spacial score (nSPS) is 19.8. The maximum atomic E-state index is 11.1. The number of anilines is 9. The molecule has 0 saturated carbocycles. The largest absolute Gasteiger partial charge is 0.311 e. The van der Waals surface area contributed by atoms with Crippen molar-refractivity contribution in [3.8, 4) is 16.8 Å². The number of aromatic nitrogens is 1. The Balaban J connectivity index is 1.19. The van der Waals surface area contributed by atoms with Crippen LogP contribution in [0.4, 0.5) is 51.2 Å². The van der Waals surface area contributed by atoms with Gasteiger partial charge < -0.3 is 19.3 Å². The predicted octanol–water partition coefficient (Wildman–Crippen LogP) is 17.6. The second kappa shape index (κ2) is 15.8. The monoisotopic (exact) mass is 1020 g/mol. The molecule has 0 radical (unpaired) electrons. The molecule has 360 valence electrons. The quantitative estimate of drug-likeness (QED) is 0.160. The summed E-state index contributed by atoms with van der Waals surface area (Å²) >= 11 is 0.602. The Morgan fingerprint density at radius 2 is 1.08 bits per heavy atom. The second-order valence-corrected chi connectivity index (χ2v) is 21.4. The molecule has 0 aliphatic carbocycles. The van der Waals surface area contributed by atoms with E-state index in [-0.39, 0.29) is 47.8 Å². The first-order valence-electron chi connectivity index (χ1n) is 40.7. The summed E-state index contributed by atoms with van der Waals surface area (Å²) < 4.78 is 331. The van der Waals surface area contributed by atoms with Crippen molar-refractivity contribution in [3.63, 3.8) is 0 Å². The molecule has 3 aliphatic heterocycles. The van der Waals surface area contributed by atoms with E-state index in [4.69, 9.17) is 11.0 Å². The van der Waals surface area contributed by atoms with Crippen molar-refractivity contribution in [2.24, 2.45) is 0 Å². The number of thiophene rings is 1. The molecule has 15 rings (SSSR count). The van der Waals surface area contributed by atoms with Crippen LogP contribution >= 0.6 is 11.3 Å². The number of nitrogens with zero attached hydrogens (tertiary/aromatic N) is 4. The Morgan fingerprint density at radius 3 is 1.80 bits per heavy atom. The molecule has 0 amide bonds. The van der Waals surface area contributed by atoms with Gasteiger partial charge >= 0.3 is 0 Å². The Bertz CT molecular complexity index is 6260. The van der Waals surface area contributed by atoms with E-state index in [1.54, 1.807) is 41.5 Å². The Labute approximate surface area is 491 Å². The molecule has 3 aliphatic rings. The van der Waals surface area contributed by atoms with Crippen molar-refractivity contribution in [2.45, 2.75) is 59.3 Å². The first-order chi connectivity index (χ1) is 50.6. The molecule has 75 heavy (non-hydrogen) atoms. The number of para-hydroxylation sites is 3. The molecule has 0 N–H and O–H groups in total. The van der Waals surface area contributed by atoms with E-state index in [0.717, 1.165) is 14.4 Å². The van der Waals surface area contributed by atoms with E-state index in [1.807, 2.05) is 0 Å². The minimum Gasteiger partial charge on any atom is -0.311 e. The van der Waals surface area contributed by atoms with Gasteiger partial charge in [-0.25, -0.2) is 0 Å². The number of hydrogen-bond acceptors (Lipinski definition) is 4. The molecular formula is C69H55BN4S. The van der Waals surface area contributed by atoms with Crippen LogP contribution < -0.4 is 31.1 Å². The summed E-state index contributed by atoms with van der Waals surface area (Å²) in [6, 6.07) is -29.7. The van der Waals surface area contributed by atoms with Crippen LogP contribution in [0.3, 0.4) is 0 Å². The lowest BCUT2D eigenvalue weighted by Gasteiger charge is -2.46. The summed E-state index contributed by atoms with van der Waals surface area (Å²) in [5.74, 6) is 0. The highest BCUT2D eigenvalue weighted by atomic mass is 32.1. The van der Waals surface area contributed by atoms with Crippen LogP contribution in [-0.2, 0) is 10.8 Å². The van der Waals surface area contributed by atoms with Crippen LogP contribution in [-0.4, -0.2) is 11.3 Å². The van der Waals surface area contributed by atoms with Gasteiger partial charge in [-0.05, 0) is 147 Å². The number of benzene rings is 10. The molecule has 2 aromatic heterocycles. The minimum atomic E-state index is -2.10. The van der Waals surface area contributed by atoms with E-state index in [9.17, 15) is 35.6 Å². The fourth-order valence-corrected chi connectivity index (χ4v) is 11.2. The molecule has 10 aromatic carbocycles. The lowest BCUT2D eigenvalue weighted by atomic mass is 9.33. The molecule has 0 fully saturated rings. The lowest BCUT2D eigenvalue weighted by Crippen LogP contribution is -2.61. The third kappa shape index (κ3) is 6.48. The van der Waals surface area contributed by atoms with Gasteiger partial charge in [-0.1, -0.05) is 162 Å². The highest BCUT2D eigenvalue weighted by Gasteiger charge is 2.46. The van der Waals surface area contributed by atoms with Crippen LogP contribution in [0.2, 0.25) is 0 Å². The summed E-state index contributed by atoms with van der Waals surface area (Å²) in [5, 5.41) is -1.37. The van der Waals surface area contributed by atoms with Gasteiger partial charge in [-0.2, -0.15) is 0 Å². The first-order valence-corrected chi connectivity index (χ1v) is 24.5. The highest BCUT2D eigenvalue weighted by Crippen LogP contribution is 2.53. The molecule has 12 aromatic rings. The topological polar surface area (TPSA) is 14.7 Å². The highest BCUT2D eigenvalue weighted by molar-refractivity contribution is 7.26. The molecule has 0 bridgehead atoms. The molecule has 5 heterocycles. The van der Waals surface area contributed by atoms with Crippen LogP contribution in [0.15, 0.2) is 205 Å². The van der Waals surface area contributed by atoms with Gasteiger partial charge in [0.15, 0.2) is 0 Å². The van der Waals surface area contributed by atoms with Gasteiger partial charge in [-0.3, -0.25) is 0 Å². The van der Waals surface area contributed by atoms with Crippen molar-refractivity contribution < 1.29 is 46.6 Å². The van der Waals surface area contributed by atoms with Crippen molar-refractivity contribution in [2.75, 3.05) is 14.7 Å².